The third-order valence-corrected chi connectivity index (χ3v) is 11.3. The first-order valence-electron chi connectivity index (χ1n) is 6.80. The van der Waals surface area contributed by atoms with Crippen LogP contribution >= 0.6 is 0 Å². The van der Waals surface area contributed by atoms with E-state index in [0.717, 1.165) is 0 Å². The van der Waals surface area contributed by atoms with E-state index in [1.165, 1.54) is 0 Å². The fourth-order valence-electron chi connectivity index (χ4n) is 1.90. The Balaban J connectivity index is 4.75. The van der Waals surface area contributed by atoms with Crippen LogP contribution in [0.5, 0.6) is 0 Å². The van der Waals surface area contributed by atoms with E-state index in [0.29, 0.717) is 0 Å². The summed E-state index contributed by atoms with van der Waals surface area (Å²) >= 11 is 0. The maximum Gasteiger partial charge on any atom is 0.0701 e. The Morgan fingerprint density at radius 2 is 1.26 bits per heavy atom. The molecule has 0 aromatic carbocycles. The summed E-state index contributed by atoms with van der Waals surface area (Å²) in [6.45, 7) is 20.9. The smallest absolute Gasteiger partial charge is 0.0701 e. The predicted molar refractivity (Wildman–Crippen MR) is 98.5 cm³/mol. The van der Waals surface area contributed by atoms with E-state index < -0.39 is 24.4 Å². The SMILES string of the molecule is C[Si](C)(C)[N-]C=NC=NC=C([Si](C)(C)C)[Si](C)(C)C. The van der Waals surface area contributed by atoms with Crippen LogP contribution in [0.25, 0.3) is 4.98 Å². The van der Waals surface area contributed by atoms with E-state index in [-0.39, 0.29) is 0 Å². The van der Waals surface area contributed by atoms with Crippen molar-refractivity contribution in [2.24, 2.45) is 9.98 Å². The van der Waals surface area contributed by atoms with Crippen LogP contribution in [0.3, 0.4) is 0 Å². The molecule has 0 rings (SSSR count). The van der Waals surface area contributed by atoms with Crippen LogP contribution in [0.1, 0.15) is 0 Å². The highest BCUT2D eigenvalue weighted by atomic mass is 28.4. The molecular formula is C13H30N3Si3-. The molecule has 0 aliphatic heterocycles. The highest BCUT2D eigenvalue weighted by molar-refractivity contribution is 7.04. The van der Waals surface area contributed by atoms with Crippen LogP contribution in [0.4, 0.5) is 0 Å². The van der Waals surface area contributed by atoms with Gasteiger partial charge < -0.3 is 9.97 Å². The predicted octanol–water partition coefficient (Wildman–Crippen LogP) is 4.89. The summed E-state index contributed by atoms with van der Waals surface area (Å²) in [6, 6.07) is 0. The second-order valence-electron chi connectivity index (χ2n) is 7.87. The minimum Gasteiger partial charge on any atom is -0.478 e. The van der Waals surface area contributed by atoms with Gasteiger partial charge in [0.2, 0.25) is 0 Å². The number of hydrogen-bond acceptors (Lipinski definition) is 1. The molecule has 0 amide bonds. The minimum atomic E-state index is -1.39. The summed E-state index contributed by atoms with van der Waals surface area (Å²) in [7, 11) is -3.95. The Morgan fingerprint density at radius 1 is 0.789 bits per heavy atom. The van der Waals surface area contributed by atoms with Gasteiger partial charge in [0.1, 0.15) is 0 Å². The van der Waals surface area contributed by atoms with Gasteiger partial charge in [0.25, 0.3) is 0 Å². The Morgan fingerprint density at radius 3 is 1.63 bits per heavy atom. The zero-order valence-corrected chi connectivity index (χ0v) is 17.1. The summed E-state index contributed by atoms with van der Waals surface area (Å²) in [5, 5.41) is 0. The summed E-state index contributed by atoms with van der Waals surface area (Å²) in [5.41, 5.74) is 0. The average molecular weight is 313 g/mol. The van der Waals surface area contributed by atoms with E-state index in [2.05, 4.69) is 80.1 Å². The van der Waals surface area contributed by atoms with E-state index in [9.17, 15) is 0 Å². The van der Waals surface area contributed by atoms with Crippen molar-refractivity contribution in [3.8, 4) is 0 Å². The van der Waals surface area contributed by atoms with Crippen molar-refractivity contribution in [1.29, 1.82) is 0 Å². The molecular weight excluding hydrogens is 282 g/mol. The fourth-order valence-corrected chi connectivity index (χ4v) is 12.2. The van der Waals surface area contributed by atoms with Gasteiger partial charge in [-0.25, -0.2) is 0 Å². The molecule has 0 aliphatic rings. The molecule has 0 N–H and O–H groups in total. The molecule has 0 atom stereocenters. The van der Waals surface area contributed by atoms with Gasteiger partial charge in [0.15, 0.2) is 0 Å². The van der Waals surface area contributed by atoms with Gasteiger partial charge in [-0.05, 0) is 0 Å². The lowest BCUT2D eigenvalue weighted by molar-refractivity contribution is 1.50. The topological polar surface area (TPSA) is 38.8 Å². The van der Waals surface area contributed by atoms with Crippen LogP contribution in [-0.2, 0) is 0 Å². The van der Waals surface area contributed by atoms with E-state index in [4.69, 9.17) is 0 Å². The summed E-state index contributed by atoms with van der Waals surface area (Å²) < 4.78 is 0. The first kappa shape index (κ1) is 18.5. The van der Waals surface area contributed by atoms with Crippen LogP contribution < -0.4 is 0 Å². The maximum absolute atomic E-state index is 4.42. The standard InChI is InChI=1S/C13H30N3Si3/c1-17(2,3)13(18(4,5)6)10-14-11-15-12-16-19(7,8)9/h10-12H,1-9H3/q-1. The second-order valence-corrected chi connectivity index (χ2v) is 23.0. The molecule has 0 aliphatic carbocycles. The molecule has 6 heteroatoms. The van der Waals surface area contributed by atoms with Crippen LogP contribution in [0, 0.1) is 0 Å². The van der Waals surface area contributed by atoms with Crippen molar-refractivity contribution in [3.05, 3.63) is 16.0 Å². The highest BCUT2D eigenvalue weighted by Gasteiger charge is 2.30. The molecule has 0 heterocycles. The lowest BCUT2D eigenvalue weighted by atomic mass is 11.0. The van der Waals surface area contributed by atoms with E-state index >= 15 is 0 Å². The second kappa shape index (κ2) is 6.81. The van der Waals surface area contributed by atoms with Crippen molar-refractivity contribution in [3.63, 3.8) is 0 Å². The van der Waals surface area contributed by atoms with E-state index in [1.54, 1.807) is 17.5 Å². The highest BCUT2D eigenvalue weighted by Crippen LogP contribution is 2.25. The van der Waals surface area contributed by atoms with Crippen molar-refractivity contribution in [1.82, 2.24) is 0 Å². The van der Waals surface area contributed by atoms with Crippen molar-refractivity contribution >= 4 is 37.1 Å². The summed E-state index contributed by atoms with van der Waals surface area (Å²) in [4.78, 5) is 14.5. The molecule has 0 bridgehead atoms. The third-order valence-electron chi connectivity index (χ3n) is 2.46. The quantitative estimate of drug-likeness (QED) is 0.380. The number of nitrogens with zero attached hydrogens (tertiary/aromatic N) is 3. The Hall–Kier alpha value is -0.469. The molecule has 0 saturated carbocycles. The number of aliphatic imine (C=N–C) groups is 2. The Bertz CT molecular complexity index is 350. The molecule has 3 nitrogen and oxygen atoms in total. The molecule has 110 valence electrons. The largest absolute Gasteiger partial charge is 0.478 e. The zero-order chi connectivity index (χ0) is 15.3. The lowest BCUT2D eigenvalue weighted by Crippen LogP contribution is -2.39. The molecule has 0 aromatic heterocycles. The molecule has 0 saturated heterocycles. The average Bonchev–Trinajstić information content (AvgIpc) is 2.10. The first-order chi connectivity index (χ1) is 8.34. The van der Waals surface area contributed by atoms with Gasteiger partial charge in [0, 0.05) is 20.8 Å². The third kappa shape index (κ3) is 9.12. The lowest BCUT2D eigenvalue weighted by Gasteiger charge is -2.30. The molecule has 0 radical (unpaired) electrons. The summed E-state index contributed by atoms with van der Waals surface area (Å²) in [5.74, 6) is 0. The summed E-state index contributed by atoms with van der Waals surface area (Å²) in [6.07, 6.45) is 5.32. The number of hydrogen-bond donors (Lipinski definition) is 0. The molecule has 19 heavy (non-hydrogen) atoms. The fraction of sp³-hybridized carbons (Fsp3) is 0.692. The van der Waals surface area contributed by atoms with Gasteiger partial charge >= 0.3 is 0 Å². The van der Waals surface area contributed by atoms with Crippen molar-refractivity contribution in [2.45, 2.75) is 58.9 Å². The van der Waals surface area contributed by atoms with Crippen molar-refractivity contribution < 1.29 is 0 Å². The monoisotopic (exact) mass is 312 g/mol. The van der Waals surface area contributed by atoms with Gasteiger partial charge in [-0.15, -0.1) is 6.34 Å². The molecule has 0 aromatic rings. The maximum atomic E-state index is 4.42. The minimum absolute atomic E-state index is 1.28. The molecule has 0 fully saturated rings. The Kier molecular flexibility index (Phi) is 6.64. The normalized spacial score (nSPS) is 14.2. The van der Waals surface area contributed by atoms with Crippen LogP contribution in [-0.4, -0.2) is 37.1 Å². The van der Waals surface area contributed by atoms with Gasteiger partial charge in [0.05, 0.1) is 16.1 Å². The number of rotatable bonds is 6. The van der Waals surface area contributed by atoms with E-state index in [1.807, 2.05) is 0 Å². The zero-order valence-electron chi connectivity index (χ0n) is 14.1. The molecule has 0 spiro atoms. The van der Waals surface area contributed by atoms with Gasteiger partial charge in [-0.2, -0.15) is 0 Å². The van der Waals surface area contributed by atoms with Crippen LogP contribution in [0.15, 0.2) is 21.0 Å². The van der Waals surface area contributed by atoms with Gasteiger partial charge in [-0.1, -0.05) is 63.7 Å². The Labute approximate surface area is 122 Å². The molecule has 0 unspecified atom stereocenters. The van der Waals surface area contributed by atoms with Gasteiger partial charge in [-0.3, -0.25) is 4.99 Å². The van der Waals surface area contributed by atoms with Crippen LogP contribution in [0.2, 0.25) is 58.9 Å². The first-order valence-corrected chi connectivity index (χ1v) is 17.3. The van der Waals surface area contributed by atoms with Crippen molar-refractivity contribution in [2.75, 3.05) is 0 Å².